The van der Waals surface area contributed by atoms with E-state index in [0.29, 0.717) is 25.7 Å². The first-order chi connectivity index (χ1) is 9.53. The summed E-state index contributed by atoms with van der Waals surface area (Å²) in [7, 11) is 0. The summed E-state index contributed by atoms with van der Waals surface area (Å²) in [6, 6.07) is 0. The number of hydrogen-bond acceptors (Lipinski definition) is 6. The van der Waals surface area contributed by atoms with Crippen molar-refractivity contribution in [1.29, 1.82) is 0 Å². The Morgan fingerprint density at radius 3 is 1.70 bits per heavy atom. The van der Waals surface area contributed by atoms with Crippen molar-refractivity contribution in [2.75, 3.05) is 18.5 Å². The zero-order chi connectivity index (χ0) is 15.4. The number of halogens is 1. The summed E-state index contributed by atoms with van der Waals surface area (Å²) in [5.74, 6) is -1.24. The van der Waals surface area contributed by atoms with Crippen LogP contribution in [0.15, 0.2) is 0 Å². The largest absolute Gasteiger partial charge is 0.462 e. The zero-order valence-electron chi connectivity index (χ0n) is 11.9. The van der Waals surface area contributed by atoms with Crippen LogP contribution >= 0.6 is 15.9 Å². The molecule has 0 aliphatic rings. The van der Waals surface area contributed by atoms with E-state index in [1.807, 2.05) is 13.8 Å². The number of carbonyl (C=O) groups is 3. The molecular formula is C13H21BrO6. The number of rotatable bonds is 10. The third kappa shape index (κ3) is 9.77. The summed E-state index contributed by atoms with van der Waals surface area (Å²) in [6.07, 6.45) is 1.18. The van der Waals surface area contributed by atoms with E-state index in [1.165, 1.54) is 0 Å². The van der Waals surface area contributed by atoms with E-state index in [0.717, 1.165) is 0 Å². The molecule has 0 bridgehead atoms. The molecule has 0 heterocycles. The first-order valence-electron chi connectivity index (χ1n) is 6.60. The van der Waals surface area contributed by atoms with Crippen molar-refractivity contribution >= 4 is 33.8 Å². The molecule has 0 aliphatic heterocycles. The predicted molar refractivity (Wildman–Crippen MR) is 75.4 cm³/mol. The molecular weight excluding hydrogens is 332 g/mol. The Hall–Kier alpha value is -1.11. The summed E-state index contributed by atoms with van der Waals surface area (Å²) in [5, 5.41) is 0.0231. The van der Waals surface area contributed by atoms with E-state index in [9.17, 15) is 14.4 Å². The van der Waals surface area contributed by atoms with E-state index >= 15 is 0 Å². The van der Waals surface area contributed by atoms with Crippen LogP contribution in [0.5, 0.6) is 0 Å². The lowest BCUT2D eigenvalue weighted by molar-refractivity contribution is -0.165. The molecule has 7 heteroatoms. The smallest absolute Gasteiger partial charge is 0.317 e. The standard InChI is InChI=1S/C13H21BrO6/c1-3-5-11(15)18-8-10(20-13(17)7-14)9-19-12(16)6-4-2/h10H,3-9H2,1-2H3. The average molecular weight is 353 g/mol. The lowest BCUT2D eigenvalue weighted by atomic mass is 10.3. The van der Waals surface area contributed by atoms with Gasteiger partial charge < -0.3 is 14.2 Å². The molecule has 0 saturated heterocycles. The maximum absolute atomic E-state index is 11.3. The van der Waals surface area contributed by atoms with Gasteiger partial charge in [0.2, 0.25) is 0 Å². The minimum absolute atomic E-state index is 0.0231. The number of ether oxygens (including phenoxy) is 3. The van der Waals surface area contributed by atoms with Crippen molar-refractivity contribution in [3.05, 3.63) is 0 Å². The van der Waals surface area contributed by atoms with Crippen molar-refractivity contribution in [2.45, 2.75) is 45.6 Å². The lowest BCUT2D eigenvalue weighted by Gasteiger charge is -2.17. The molecule has 0 atom stereocenters. The van der Waals surface area contributed by atoms with Crippen LogP contribution in [-0.4, -0.2) is 42.6 Å². The second-order valence-corrected chi connectivity index (χ2v) is 4.67. The summed E-state index contributed by atoms with van der Waals surface area (Å²) < 4.78 is 14.9. The van der Waals surface area contributed by atoms with Crippen LogP contribution in [0.4, 0.5) is 0 Å². The van der Waals surface area contributed by atoms with Gasteiger partial charge in [-0.25, -0.2) is 0 Å². The van der Waals surface area contributed by atoms with Gasteiger partial charge in [-0.3, -0.25) is 14.4 Å². The van der Waals surface area contributed by atoms with Crippen LogP contribution in [0, 0.1) is 0 Å². The Morgan fingerprint density at radius 1 is 0.900 bits per heavy atom. The Bertz CT molecular complexity index is 296. The van der Waals surface area contributed by atoms with Crippen molar-refractivity contribution < 1.29 is 28.6 Å². The van der Waals surface area contributed by atoms with Crippen LogP contribution in [0.2, 0.25) is 0 Å². The fourth-order valence-corrected chi connectivity index (χ4v) is 1.39. The van der Waals surface area contributed by atoms with Gasteiger partial charge in [-0.2, -0.15) is 0 Å². The first-order valence-corrected chi connectivity index (χ1v) is 7.72. The SMILES string of the molecule is CCCC(=O)OCC(COC(=O)CCC)OC(=O)CBr. The van der Waals surface area contributed by atoms with Gasteiger partial charge in [-0.15, -0.1) is 0 Å². The fraction of sp³-hybridized carbons (Fsp3) is 0.769. The molecule has 116 valence electrons. The summed E-state index contributed by atoms with van der Waals surface area (Å²) in [5.41, 5.74) is 0. The molecule has 0 aromatic heterocycles. The minimum atomic E-state index is -0.776. The Labute approximate surface area is 127 Å². The zero-order valence-corrected chi connectivity index (χ0v) is 13.4. The van der Waals surface area contributed by atoms with Gasteiger partial charge in [-0.1, -0.05) is 29.8 Å². The topological polar surface area (TPSA) is 78.9 Å². The highest BCUT2D eigenvalue weighted by Crippen LogP contribution is 2.02. The summed E-state index contributed by atoms with van der Waals surface area (Å²) in [6.45, 7) is 3.49. The van der Waals surface area contributed by atoms with E-state index < -0.39 is 12.1 Å². The second-order valence-electron chi connectivity index (χ2n) is 4.11. The van der Waals surface area contributed by atoms with E-state index in [4.69, 9.17) is 14.2 Å². The number of hydrogen-bond donors (Lipinski definition) is 0. The molecule has 0 radical (unpaired) electrons. The summed E-state index contributed by atoms with van der Waals surface area (Å²) >= 11 is 2.96. The molecule has 6 nitrogen and oxygen atoms in total. The van der Waals surface area contributed by atoms with Gasteiger partial charge in [0.05, 0.1) is 0 Å². The first kappa shape index (κ1) is 18.9. The third-order valence-electron chi connectivity index (χ3n) is 2.18. The number of esters is 3. The number of carbonyl (C=O) groups excluding carboxylic acids is 3. The molecule has 0 unspecified atom stereocenters. The summed E-state index contributed by atoms with van der Waals surface area (Å²) in [4.78, 5) is 33.7. The highest BCUT2D eigenvalue weighted by molar-refractivity contribution is 9.09. The molecule has 0 spiro atoms. The molecule has 0 fully saturated rings. The van der Waals surface area contributed by atoms with Crippen LogP contribution in [-0.2, 0) is 28.6 Å². The molecule has 0 saturated carbocycles. The second kappa shape index (κ2) is 11.7. The van der Waals surface area contributed by atoms with Gasteiger partial charge in [-0.05, 0) is 12.8 Å². The van der Waals surface area contributed by atoms with Crippen molar-refractivity contribution in [3.63, 3.8) is 0 Å². The monoisotopic (exact) mass is 352 g/mol. The molecule has 0 aliphatic carbocycles. The van der Waals surface area contributed by atoms with Crippen molar-refractivity contribution in [2.24, 2.45) is 0 Å². The highest BCUT2D eigenvalue weighted by Gasteiger charge is 2.18. The van der Waals surface area contributed by atoms with E-state index in [1.54, 1.807) is 0 Å². The van der Waals surface area contributed by atoms with Crippen molar-refractivity contribution in [1.82, 2.24) is 0 Å². The van der Waals surface area contributed by atoms with Gasteiger partial charge in [0, 0.05) is 12.8 Å². The van der Waals surface area contributed by atoms with Gasteiger partial charge >= 0.3 is 17.9 Å². The quantitative estimate of drug-likeness (QED) is 0.340. The van der Waals surface area contributed by atoms with Crippen LogP contribution < -0.4 is 0 Å². The van der Waals surface area contributed by atoms with E-state index in [2.05, 4.69) is 15.9 Å². The maximum atomic E-state index is 11.3. The minimum Gasteiger partial charge on any atom is -0.462 e. The predicted octanol–water partition coefficient (Wildman–Crippen LogP) is 1.98. The molecule has 0 aromatic carbocycles. The fourth-order valence-electron chi connectivity index (χ4n) is 1.26. The average Bonchev–Trinajstić information content (AvgIpc) is 2.42. The van der Waals surface area contributed by atoms with Crippen LogP contribution in [0.3, 0.4) is 0 Å². The van der Waals surface area contributed by atoms with Crippen molar-refractivity contribution in [3.8, 4) is 0 Å². The maximum Gasteiger partial charge on any atom is 0.317 e. The van der Waals surface area contributed by atoms with Gasteiger partial charge in [0.15, 0.2) is 6.10 Å². The molecule has 0 N–H and O–H groups in total. The molecule has 0 aromatic rings. The number of alkyl halides is 1. The van der Waals surface area contributed by atoms with Crippen LogP contribution in [0.25, 0.3) is 0 Å². The van der Waals surface area contributed by atoms with Gasteiger partial charge in [0.25, 0.3) is 0 Å². The Kier molecular flexibility index (Phi) is 11.0. The molecule has 0 rings (SSSR count). The lowest BCUT2D eigenvalue weighted by Crippen LogP contribution is -2.31. The molecule has 0 amide bonds. The van der Waals surface area contributed by atoms with E-state index in [-0.39, 0.29) is 30.5 Å². The highest BCUT2D eigenvalue weighted by atomic mass is 79.9. The Morgan fingerprint density at radius 2 is 1.35 bits per heavy atom. The normalized spacial score (nSPS) is 10.2. The molecule has 20 heavy (non-hydrogen) atoms. The van der Waals surface area contributed by atoms with Crippen LogP contribution in [0.1, 0.15) is 39.5 Å². The van der Waals surface area contributed by atoms with Gasteiger partial charge in [0.1, 0.15) is 18.5 Å². The Balaban J connectivity index is 4.22. The third-order valence-corrected chi connectivity index (χ3v) is 2.63.